The summed E-state index contributed by atoms with van der Waals surface area (Å²) in [7, 11) is 0. The summed E-state index contributed by atoms with van der Waals surface area (Å²) in [5.41, 5.74) is 11.8. The van der Waals surface area contributed by atoms with Crippen LogP contribution in [0.25, 0.3) is 0 Å². The van der Waals surface area contributed by atoms with E-state index < -0.39 is 17.8 Å². The number of carbonyl (C=O) groups is 1. The zero-order chi connectivity index (χ0) is 31.3. The average Bonchev–Trinajstić information content (AvgIpc) is 3.73. The van der Waals surface area contributed by atoms with Gasteiger partial charge in [0.15, 0.2) is 0 Å². The van der Waals surface area contributed by atoms with E-state index in [0.717, 1.165) is 51.7 Å². The van der Waals surface area contributed by atoms with Gasteiger partial charge < -0.3 is 21.1 Å². The number of alkyl halides is 4. The fourth-order valence-electron chi connectivity index (χ4n) is 7.57. The lowest BCUT2D eigenvalue weighted by Gasteiger charge is -2.39. The van der Waals surface area contributed by atoms with E-state index in [9.17, 15) is 22.4 Å². The zero-order valence-electron chi connectivity index (χ0n) is 25.9. The lowest BCUT2D eigenvalue weighted by molar-refractivity contribution is -0.164. The highest BCUT2D eigenvalue weighted by Gasteiger charge is 2.51. The van der Waals surface area contributed by atoms with Crippen LogP contribution in [0.5, 0.6) is 0 Å². The summed E-state index contributed by atoms with van der Waals surface area (Å²) in [6, 6.07) is 15.9. The molecule has 0 aliphatic carbocycles. The Morgan fingerprint density at radius 3 is 1.58 bits per heavy atom. The number of nitrogens with two attached hydrogens (primary N) is 2. The molecule has 45 heavy (non-hydrogen) atoms. The van der Waals surface area contributed by atoms with Gasteiger partial charge in [-0.25, -0.2) is 0 Å². The van der Waals surface area contributed by atoms with Crippen LogP contribution in [0.3, 0.4) is 0 Å². The maximum absolute atomic E-state index is 14.4. The smallest absolute Gasteiger partial charge is 0.349 e. The molecule has 5 saturated heterocycles. The van der Waals surface area contributed by atoms with Crippen molar-refractivity contribution in [1.29, 1.82) is 0 Å². The van der Waals surface area contributed by atoms with Crippen molar-refractivity contribution in [2.75, 3.05) is 19.8 Å². The van der Waals surface area contributed by atoms with Gasteiger partial charge in [-0.3, -0.25) is 9.69 Å². The number of nitrogens with zero attached hydrogens (tertiary/aromatic N) is 2. The van der Waals surface area contributed by atoms with Crippen molar-refractivity contribution in [3.05, 3.63) is 71.8 Å². The van der Waals surface area contributed by atoms with E-state index in [1.54, 1.807) is 24.3 Å². The maximum atomic E-state index is 14.4. The van der Waals surface area contributed by atoms with Crippen molar-refractivity contribution >= 4 is 14.3 Å². The minimum absolute atomic E-state index is 0. The van der Waals surface area contributed by atoms with Crippen molar-refractivity contribution < 1.29 is 27.1 Å². The molecule has 5 aliphatic rings. The van der Waals surface area contributed by atoms with Gasteiger partial charge in [0.05, 0.1) is 6.54 Å². The SMILES string of the molecule is C1CCOC1.NC1CC2CCC(C1)N2C(=O)C(F)(F)c1ccccc1.NC1CC2CCC(C1)N2CC(F)(F)c1ccccc1.[B]. The Labute approximate surface area is 266 Å². The molecule has 4 N–H and O–H groups in total. The van der Waals surface area contributed by atoms with E-state index in [4.69, 9.17) is 16.2 Å². The average molecular weight is 630 g/mol. The highest BCUT2D eigenvalue weighted by Crippen LogP contribution is 2.41. The van der Waals surface area contributed by atoms with Crippen LogP contribution in [-0.2, 0) is 21.4 Å². The second-order valence-electron chi connectivity index (χ2n) is 12.9. The second-order valence-corrected chi connectivity index (χ2v) is 12.9. The quantitative estimate of drug-likeness (QED) is 0.342. The number of piperidine rings is 2. The second kappa shape index (κ2) is 15.4. The van der Waals surface area contributed by atoms with Crippen LogP contribution in [0.2, 0.25) is 0 Å². The molecule has 6 nitrogen and oxygen atoms in total. The van der Waals surface area contributed by atoms with E-state index in [1.807, 2.05) is 4.90 Å². The van der Waals surface area contributed by atoms with Crippen LogP contribution in [0.4, 0.5) is 17.6 Å². The Kier molecular flexibility index (Phi) is 12.1. The van der Waals surface area contributed by atoms with E-state index in [2.05, 4.69) is 0 Å². The number of amides is 1. The Hall–Kier alpha value is -2.47. The van der Waals surface area contributed by atoms with Gasteiger partial charge in [0.2, 0.25) is 0 Å². The normalized spacial score (nSPS) is 29.2. The number of hydrogen-bond donors (Lipinski definition) is 2. The summed E-state index contributed by atoms with van der Waals surface area (Å²) in [5.74, 6) is -7.30. The van der Waals surface area contributed by atoms with Crippen LogP contribution in [0, 0.1) is 0 Å². The molecule has 4 unspecified atom stereocenters. The molecule has 5 aliphatic heterocycles. The fraction of sp³-hybridized carbons (Fsp3) is 0.618. The number of fused-ring (bicyclic) bond motifs is 4. The first-order valence-electron chi connectivity index (χ1n) is 16.1. The number of halogens is 4. The van der Waals surface area contributed by atoms with Gasteiger partial charge in [-0.05, 0) is 64.2 Å². The van der Waals surface area contributed by atoms with Crippen molar-refractivity contribution in [2.24, 2.45) is 11.5 Å². The third-order valence-electron chi connectivity index (χ3n) is 9.73. The molecule has 0 aromatic heterocycles. The van der Waals surface area contributed by atoms with Gasteiger partial charge in [-0.15, -0.1) is 0 Å². The molecular formula is C34H46BF4N4O2. The predicted molar refractivity (Wildman–Crippen MR) is 168 cm³/mol. The van der Waals surface area contributed by atoms with E-state index in [-0.39, 0.29) is 62.3 Å². The van der Waals surface area contributed by atoms with Gasteiger partial charge in [0, 0.05) is 69.0 Å². The molecule has 4 atom stereocenters. The van der Waals surface area contributed by atoms with Crippen molar-refractivity contribution in [1.82, 2.24) is 9.80 Å². The van der Waals surface area contributed by atoms with Crippen LogP contribution in [-0.4, -0.2) is 80.1 Å². The largest absolute Gasteiger partial charge is 0.381 e. The molecule has 2 aromatic carbocycles. The van der Waals surface area contributed by atoms with Crippen LogP contribution < -0.4 is 11.5 Å². The summed E-state index contributed by atoms with van der Waals surface area (Å²) in [6.07, 6.45) is 9.15. The van der Waals surface area contributed by atoms with Gasteiger partial charge >= 0.3 is 5.92 Å². The Morgan fingerprint density at radius 2 is 1.13 bits per heavy atom. The first-order valence-corrected chi connectivity index (χ1v) is 16.1. The standard InChI is InChI=1S/C15H18F2N2O.C15H20F2N2.C4H8O.B/c16-15(17,10-4-2-1-3-5-10)14(20)19-12-6-7-13(19)9-11(18)8-12;16-15(17,11-4-2-1-3-5-11)10-19-13-6-7-14(19)9-12(18)8-13;1-2-4-5-3-1;/h1-5,11-13H,6-9,18H2;1-5,12-14H,6-10,18H2;1-4H2;. The lowest BCUT2D eigenvalue weighted by Crippen LogP contribution is -2.54. The molecule has 0 saturated carbocycles. The maximum Gasteiger partial charge on any atom is 0.349 e. The van der Waals surface area contributed by atoms with Crippen LogP contribution >= 0.6 is 0 Å². The fourth-order valence-corrected chi connectivity index (χ4v) is 7.57. The molecule has 1 amide bonds. The lowest BCUT2D eigenvalue weighted by atomic mass is 9.96. The number of rotatable bonds is 5. The first kappa shape index (κ1) is 35.4. The van der Waals surface area contributed by atoms with Gasteiger partial charge in [0.25, 0.3) is 11.8 Å². The third kappa shape index (κ3) is 8.47. The molecule has 5 fully saturated rings. The van der Waals surface area contributed by atoms with Crippen molar-refractivity contribution in [2.45, 2.75) is 112 Å². The molecule has 0 spiro atoms. The highest BCUT2D eigenvalue weighted by atomic mass is 19.3. The molecule has 4 bridgehead atoms. The summed E-state index contributed by atoms with van der Waals surface area (Å²) in [4.78, 5) is 15.7. The van der Waals surface area contributed by atoms with Gasteiger partial charge in [-0.1, -0.05) is 60.7 Å². The van der Waals surface area contributed by atoms with Gasteiger partial charge in [-0.2, -0.15) is 17.6 Å². The molecule has 11 heteroatoms. The molecule has 245 valence electrons. The predicted octanol–water partition coefficient (Wildman–Crippen LogP) is 5.41. The zero-order valence-corrected chi connectivity index (χ0v) is 25.9. The number of carbonyl (C=O) groups excluding carboxylic acids is 1. The molecule has 3 radical (unpaired) electrons. The topological polar surface area (TPSA) is 84.8 Å². The summed E-state index contributed by atoms with van der Waals surface area (Å²) in [6.45, 7) is 1.83. The number of ether oxygens (including phenoxy) is 1. The molecule has 2 aromatic rings. The monoisotopic (exact) mass is 629 g/mol. The Morgan fingerprint density at radius 1 is 0.711 bits per heavy atom. The molecule has 5 heterocycles. The molecular weight excluding hydrogens is 583 g/mol. The van der Waals surface area contributed by atoms with Gasteiger partial charge in [0.1, 0.15) is 0 Å². The Bertz CT molecular complexity index is 1170. The Balaban J connectivity index is 0.000000174. The minimum Gasteiger partial charge on any atom is -0.381 e. The number of hydrogen-bond acceptors (Lipinski definition) is 5. The molecule has 7 rings (SSSR count). The van der Waals surface area contributed by atoms with Crippen molar-refractivity contribution in [3.8, 4) is 0 Å². The highest BCUT2D eigenvalue weighted by molar-refractivity contribution is 5.85. The van der Waals surface area contributed by atoms with Crippen LogP contribution in [0.15, 0.2) is 60.7 Å². The summed E-state index contributed by atoms with van der Waals surface area (Å²) >= 11 is 0. The summed E-state index contributed by atoms with van der Waals surface area (Å²) < 4.78 is 62.4. The summed E-state index contributed by atoms with van der Waals surface area (Å²) in [5, 5.41) is 0. The van der Waals surface area contributed by atoms with E-state index >= 15 is 0 Å². The van der Waals surface area contributed by atoms with Crippen molar-refractivity contribution in [3.63, 3.8) is 0 Å². The minimum atomic E-state index is -3.45. The number of benzene rings is 2. The third-order valence-corrected chi connectivity index (χ3v) is 9.73. The van der Waals surface area contributed by atoms with Crippen LogP contribution in [0.1, 0.15) is 75.3 Å². The van der Waals surface area contributed by atoms with E-state index in [1.165, 1.54) is 54.1 Å². The van der Waals surface area contributed by atoms with E-state index in [0.29, 0.717) is 12.8 Å². The first-order chi connectivity index (χ1) is 21.1.